The van der Waals surface area contributed by atoms with Crippen molar-refractivity contribution < 1.29 is 24.5 Å². The van der Waals surface area contributed by atoms with Gasteiger partial charge in [0.1, 0.15) is 11.7 Å². The number of carbonyl (C=O) groups excluding carboxylic acids is 1. The molecular weight excluding hydrogens is 406 g/mol. The van der Waals surface area contributed by atoms with Crippen LogP contribution in [0.25, 0.3) is 0 Å². The van der Waals surface area contributed by atoms with Gasteiger partial charge in [0.2, 0.25) is 0 Å². The van der Waals surface area contributed by atoms with Gasteiger partial charge in [0, 0.05) is 24.2 Å². The van der Waals surface area contributed by atoms with Crippen molar-refractivity contribution in [2.45, 2.75) is 80.3 Å². The molecule has 4 saturated carbocycles. The molecule has 2 N–H and O–H groups in total. The molecule has 1 aromatic carbocycles. The average molecular weight is 436 g/mol. The molecule has 2 spiro atoms. The van der Waals surface area contributed by atoms with E-state index in [1.807, 2.05) is 19.1 Å². The molecule has 7 aliphatic rings. The van der Waals surface area contributed by atoms with Gasteiger partial charge >= 0.3 is 5.97 Å². The second kappa shape index (κ2) is 6.04. The predicted octanol–water partition coefficient (Wildman–Crippen LogP) is 2.40. The van der Waals surface area contributed by atoms with Crippen LogP contribution in [0.15, 0.2) is 36.4 Å². The number of ether oxygens (including phenoxy) is 2. The Balaban J connectivity index is 1.29. The lowest BCUT2D eigenvalue weighted by atomic mass is 9.28. The van der Waals surface area contributed by atoms with Crippen molar-refractivity contribution in [2.24, 2.45) is 5.92 Å². The number of hydrogen-bond donors (Lipinski definition) is 2. The Hall–Kier alpha value is -2.15. The maximum atomic E-state index is 12.3. The molecule has 1 aromatic rings. The number of aliphatic hydroxyl groups excluding tert-OH is 1. The average Bonchev–Trinajstić information content (AvgIpc) is 3.10. The Bertz CT molecular complexity index is 1090. The molecule has 2 bridgehead atoms. The van der Waals surface area contributed by atoms with Gasteiger partial charge in [-0.05, 0) is 56.6 Å². The van der Waals surface area contributed by atoms with E-state index in [4.69, 9.17) is 9.47 Å². The summed E-state index contributed by atoms with van der Waals surface area (Å²) in [6.07, 6.45) is 11.5. The maximum absolute atomic E-state index is 12.3. The summed E-state index contributed by atoms with van der Waals surface area (Å²) in [4.78, 5) is 14.8. The van der Waals surface area contributed by atoms with E-state index < -0.39 is 29.2 Å². The Kier molecular flexibility index (Phi) is 3.65. The van der Waals surface area contributed by atoms with Crippen molar-refractivity contribution in [1.29, 1.82) is 0 Å². The molecule has 8 rings (SSSR count). The van der Waals surface area contributed by atoms with Gasteiger partial charge in [-0.3, -0.25) is 4.90 Å². The molecule has 0 amide bonds. The van der Waals surface area contributed by atoms with Gasteiger partial charge in [-0.1, -0.05) is 30.7 Å². The van der Waals surface area contributed by atoms with Crippen LogP contribution in [-0.2, 0) is 16.6 Å². The maximum Gasteiger partial charge on any atom is 0.336 e. The first-order chi connectivity index (χ1) is 15.5. The number of allylic oxidation sites excluding steroid dienone is 3. The number of hydrogen-bond acceptors (Lipinski definition) is 6. The van der Waals surface area contributed by atoms with Crippen molar-refractivity contribution in [2.75, 3.05) is 6.54 Å². The van der Waals surface area contributed by atoms with Gasteiger partial charge in [0.15, 0.2) is 11.5 Å². The van der Waals surface area contributed by atoms with Crippen LogP contribution in [0.2, 0.25) is 0 Å². The van der Waals surface area contributed by atoms with Crippen LogP contribution >= 0.6 is 0 Å². The minimum atomic E-state index is -0.875. The lowest BCUT2D eigenvalue weighted by Crippen LogP contribution is -3.03. The zero-order chi connectivity index (χ0) is 21.9. The Morgan fingerprint density at radius 1 is 1.34 bits per heavy atom. The van der Waals surface area contributed by atoms with Gasteiger partial charge in [-0.2, -0.15) is 0 Å². The van der Waals surface area contributed by atoms with Crippen LogP contribution in [0.4, 0.5) is 0 Å². The Morgan fingerprint density at radius 2 is 2.19 bits per heavy atom. The largest absolute Gasteiger partial charge is 0.482 e. The Morgan fingerprint density at radius 3 is 2.94 bits per heavy atom. The number of piperidine rings is 1. The van der Waals surface area contributed by atoms with Gasteiger partial charge in [0.05, 0.1) is 17.1 Å². The van der Waals surface area contributed by atoms with Gasteiger partial charge in [-0.25, -0.2) is 4.79 Å². The molecule has 2 heterocycles. The first-order valence-electron chi connectivity index (χ1n) is 12.0. The summed E-state index contributed by atoms with van der Waals surface area (Å²) in [5.74, 6) is 1.16. The number of likely N-dealkylation sites (tertiary alicyclic amines) is 1. The minimum absolute atomic E-state index is 0.0751. The molecule has 1 unspecified atom stereocenters. The number of aliphatic hydroxyl groups is 2. The SMILES string of the molecule is C/C=C/C=C/C(=O)Oc1ccc2c3c1O[C@H]1[C@@H](O)CC45C[C@]31[C@]4(O)[C@@H](C2)N5CC1CCC1. The monoisotopic (exact) mass is 435 g/mol. The molecule has 5 fully saturated rings. The smallest absolute Gasteiger partial charge is 0.336 e. The molecule has 1 saturated heterocycles. The zero-order valence-electron chi connectivity index (χ0n) is 18.3. The number of esters is 1. The van der Waals surface area contributed by atoms with Crippen molar-refractivity contribution in [3.63, 3.8) is 0 Å². The van der Waals surface area contributed by atoms with Crippen molar-refractivity contribution >= 4 is 5.97 Å². The molecule has 32 heavy (non-hydrogen) atoms. The van der Waals surface area contributed by atoms with Crippen LogP contribution in [0.1, 0.15) is 50.2 Å². The van der Waals surface area contributed by atoms with Crippen LogP contribution in [0.3, 0.4) is 0 Å². The quantitative estimate of drug-likeness (QED) is 0.320. The van der Waals surface area contributed by atoms with E-state index in [0.717, 1.165) is 36.4 Å². The number of rotatable bonds is 5. The third-order valence-corrected chi connectivity index (χ3v) is 9.49. The van der Waals surface area contributed by atoms with Crippen LogP contribution in [0.5, 0.6) is 11.5 Å². The van der Waals surface area contributed by atoms with Crippen molar-refractivity contribution in [3.8, 4) is 11.5 Å². The van der Waals surface area contributed by atoms with Crippen LogP contribution in [0, 0.1) is 5.92 Å². The summed E-state index contributed by atoms with van der Waals surface area (Å²) in [6, 6.07) is 3.91. The lowest BCUT2D eigenvalue weighted by Gasteiger charge is -2.87. The number of benzene rings is 1. The predicted molar refractivity (Wildman–Crippen MR) is 117 cm³/mol. The van der Waals surface area contributed by atoms with Gasteiger partial charge in [0.25, 0.3) is 0 Å². The molecule has 6 nitrogen and oxygen atoms in total. The third-order valence-electron chi connectivity index (χ3n) is 9.49. The number of nitrogens with zero attached hydrogens (tertiary/aromatic N) is 1. The highest BCUT2D eigenvalue weighted by Gasteiger charge is 2.93. The van der Waals surface area contributed by atoms with Crippen molar-refractivity contribution in [1.82, 2.24) is 4.90 Å². The summed E-state index contributed by atoms with van der Waals surface area (Å²) in [5.41, 5.74) is 0.315. The van der Waals surface area contributed by atoms with Gasteiger partial charge < -0.3 is 19.7 Å². The van der Waals surface area contributed by atoms with E-state index in [1.165, 1.54) is 25.3 Å². The van der Waals surface area contributed by atoms with E-state index in [0.29, 0.717) is 17.9 Å². The zero-order valence-corrected chi connectivity index (χ0v) is 18.3. The summed E-state index contributed by atoms with van der Waals surface area (Å²) < 4.78 is 12.0. The fourth-order valence-electron chi connectivity index (χ4n) is 8.17. The highest BCUT2D eigenvalue weighted by Crippen LogP contribution is 2.81. The normalized spacial score (nSPS) is 42.8. The number of carbonyl (C=O) groups is 1. The first-order valence-corrected chi connectivity index (χ1v) is 12.0. The van der Waals surface area contributed by atoms with Crippen LogP contribution < -0.4 is 9.47 Å². The molecular formula is C26H29NO5. The molecule has 0 aromatic heterocycles. The molecule has 0 radical (unpaired) electrons. The fraction of sp³-hybridized carbons (Fsp3) is 0.577. The molecule has 5 aliphatic carbocycles. The van der Waals surface area contributed by atoms with E-state index in [9.17, 15) is 15.0 Å². The highest BCUT2D eigenvalue weighted by molar-refractivity contribution is 5.85. The second-order valence-electron chi connectivity index (χ2n) is 10.7. The summed E-state index contributed by atoms with van der Waals surface area (Å²) in [6.45, 7) is 2.90. The molecule has 168 valence electrons. The highest BCUT2D eigenvalue weighted by atomic mass is 16.6. The van der Waals surface area contributed by atoms with E-state index in [2.05, 4.69) is 4.90 Å². The molecule has 2 aliphatic heterocycles. The lowest BCUT2D eigenvalue weighted by molar-refractivity contribution is -0.410. The van der Waals surface area contributed by atoms with Crippen LogP contribution in [-0.4, -0.2) is 57.0 Å². The molecule has 6 heteroatoms. The summed E-state index contributed by atoms with van der Waals surface area (Å²) in [7, 11) is 0. The fourth-order valence-corrected chi connectivity index (χ4v) is 8.17. The number of fused-ring (bicyclic) bond motifs is 1. The van der Waals surface area contributed by atoms with E-state index in [-0.39, 0.29) is 11.6 Å². The summed E-state index contributed by atoms with van der Waals surface area (Å²) in [5, 5.41) is 23.3. The van der Waals surface area contributed by atoms with Crippen molar-refractivity contribution in [3.05, 3.63) is 47.6 Å². The molecule has 6 atom stereocenters. The standard InChI is InChI=1S/C26H29NO5/c1-2-3-4-8-20(29)31-18-10-9-16-11-19-26(30)24(27(19)13-15-6-5-7-15)12-17(28)23-25(26,14-24)21(16)22(18)32-23/h2-4,8-10,15,17,19,23,28,30H,5-7,11-14H2,1H3/b3-2+,8-4+/t17-,19+,23-,24?,25-,26-/m0/s1. The van der Waals surface area contributed by atoms with Gasteiger partial charge in [-0.15, -0.1) is 0 Å². The summed E-state index contributed by atoms with van der Waals surface area (Å²) >= 11 is 0. The van der Waals surface area contributed by atoms with E-state index in [1.54, 1.807) is 18.2 Å². The van der Waals surface area contributed by atoms with E-state index >= 15 is 0 Å². The third kappa shape index (κ3) is 1.90. The Labute approximate surface area is 187 Å². The topological polar surface area (TPSA) is 79.2 Å². The second-order valence-corrected chi connectivity index (χ2v) is 10.7. The minimum Gasteiger partial charge on any atom is -0.482 e. The first kappa shape index (κ1) is 19.3.